The molecule has 0 saturated heterocycles. The number of pyridine rings is 1. The first-order valence-corrected chi connectivity index (χ1v) is 10.5. The van der Waals surface area contributed by atoms with Crippen molar-refractivity contribution in [2.45, 2.75) is 23.8 Å². The predicted octanol–water partition coefficient (Wildman–Crippen LogP) is 2.11. The SMILES string of the molecule is CS(=O)(=O)C(C#N)c1ccc(-c2ccc([C@H](O)[C@@H](CF)NC(=O)C(F)F)cc2)cn1. The standard InChI is InChI=1S/C19H18F3N3O4S/c1-30(28,29)16(9-23)14-7-6-13(10-24-14)11-2-4-12(5-3-11)17(26)15(8-20)25-19(27)18(21)22/h2-7,10,15-18,26H,8H2,1H3,(H,25,27)/t15-,16?,17+/m1/s1. The lowest BCUT2D eigenvalue weighted by Gasteiger charge is -2.22. The quantitative estimate of drug-likeness (QED) is 0.647. The summed E-state index contributed by atoms with van der Waals surface area (Å²) in [5.41, 5.74) is 1.47. The van der Waals surface area contributed by atoms with E-state index in [0.717, 1.165) is 6.26 Å². The summed E-state index contributed by atoms with van der Waals surface area (Å²) in [7, 11) is -3.64. The number of hydrogen-bond donors (Lipinski definition) is 2. The molecular formula is C19H18F3N3O4S. The zero-order chi connectivity index (χ0) is 22.5. The van der Waals surface area contributed by atoms with Gasteiger partial charge < -0.3 is 10.4 Å². The molecule has 1 amide bonds. The minimum Gasteiger partial charge on any atom is -0.386 e. The van der Waals surface area contributed by atoms with E-state index in [1.54, 1.807) is 29.6 Å². The number of aliphatic hydroxyl groups excluding tert-OH is 1. The van der Waals surface area contributed by atoms with Gasteiger partial charge in [-0.15, -0.1) is 0 Å². The molecule has 160 valence electrons. The Morgan fingerprint density at radius 2 is 1.80 bits per heavy atom. The highest BCUT2D eigenvalue weighted by atomic mass is 32.2. The largest absolute Gasteiger partial charge is 0.386 e. The van der Waals surface area contributed by atoms with Gasteiger partial charge in [0.15, 0.2) is 15.1 Å². The number of amides is 1. The van der Waals surface area contributed by atoms with E-state index in [9.17, 15) is 31.5 Å². The van der Waals surface area contributed by atoms with E-state index in [2.05, 4.69) is 4.98 Å². The van der Waals surface area contributed by atoms with Crippen LogP contribution in [0.1, 0.15) is 22.6 Å². The minimum absolute atomic E-state index is 0.0800. The minimum atomic E-state index is -3.64. The number of sulfone groups is 1. The lowest BCUT2D eigenvalue weighted by molar-refractivity contribution is -0.133. The van der Waals surface area contributed by atoms with Gasteiger partial charge in [0.1, 0.15) is 12.8 Å². The van der Waals surface area contributed by atoms with Crippen LogP contribution in [0.5, 0.6) is 0 Å². The normalized spacial score (nSPS) is 14.6. The lowest BCUT2D eigenvalue weighted by atomic mass is 9.99. The Balaban J connectivity index is 2.19. The number of nitrogens with one attached hydrogen (secondary N) is 1. The van der Waals surface area contributed by atoms with Crippen molar-refractivity contribution < 1.29 is 31.5 Å². The molecule has 0 aliphatic carbocycles. The molecule has 0 aliphatic heterocycles. The number of alkyl halides is 3. The van der Waals surface area contributed by atoms with E-state index in [4.69, 9.17) is 5.26 Å². The van der Waals surface area contributed by atoms with Crippen LogP contribution in [0.25, 0.3) is 11.1 Å². The van der Waals surface area contributed by atoms with Crippen LogP contribution in [0.2, 0.25) is 0 Å². The van der Waals surface area contributed by atoms with Gasteiger partial charge in [-0.05, 0) is 17.2 Å². The highest BCUT2D eigenvalue weighted by Crippen LogP contribution is 2.25. The molecular weight excluding hydrogens is 423 g/mol. The van der Waals surface area contributed by atoms with Crippen LogP contribution in [0, 0.1) is 11.3 Å². The Morgan fingerprint density at radius 3 is 2.23 bits per heavy atom. The van der Waals surface area contributed by atoms with Crippen LogP contribution >= 0.6 is 0 Å². The first-order valence-electron chi connectivity index (χ1n) is 8.55. The summed E-state index contributed by atoms with van der Waals surface area (Å²) in [5.74, 6) is -1.68. The number of nitriles is 1. The van der Waals surface area contributed by atoms with Crippen LogP contribution in [0.15, 0.2) is 42.6 Å². The average molecular weight is 441 g/mol. The van der Waals surface area contributed by atoms with E-state index in [-0.39, 0.29) is 11.3 Å². The molecule has 0 spiro atoms. The van der Waals surface area contributed by atoms with Crippen molar-refractivity contribution in [1.29, 1.82) is 5.26 Å². The van der Waals surface area contributed by atoms with Crippen LogP contribution in [-0.2, 0) is 14.6 Å². The second kappa shape index (κ2) is 9.69. The average Bonchev–Trinajstić information content (AvgIpc) is 2.71. The molecule has 0 aliphatic rings. The zero-order valence-electron chi connectivity index (χ0n) is 15.7. The molecule has 0 bridgehead atoms. The zero-order valence-corrected chi connectivity index (χ0v) is 16.5. The second-order valence-corrected chi connectivity index (χ2v) is 8.58. The van der Waals surface area contributed by atoms with Gasteiger partial charge in [-0.2, -0.15) is 14.0 Å². The maximum Gasteiger partial charge on any atom is 0.315 e. The monoisotopic (exact) mass is 441 g/mol. The molecule has 1 heterocycles. The van der Waals surface area contributed by atoms with Gasteiger partial charge >= 0.3 is 6.43 Å². The molecule has 30 heavy (non-hydrogen) atoms. The van der Waals surface area contributed by atoms with Crippen molar-refractivity contribution in [1.82, 2.24) is 10.3 Å². The molecule has 2 rings (SSSR count). The number of carbonyl (C=O) groups excluding carboxylic acids is 1. The fraction of sp³-hybridized carbons (Fsp3) is 0.316. The van der Waals surface area contributed by atoms with Gasteiger partial charge in [0.25, 0.3) is 5.91 Å². The number of halogens is 3. The third-order valence-electron chi connectivity index (χ3n) is 4.26. The van der Waals surface area contributed by atoms with Gasteiger partial charge in [-0.1, -0.05) is 30.3 Å². The summed E-state index contributed by atoms with van der Waals surface area (Å²) < 4.78 is 61.0. The number of carbonyl (C=O) groups is 1. The maximum atomic E-state index is 13.1. The number of benzene rings is 1. The molecule has 1 aromatic carbocycles. The maximum absolute atomic E-state index is 13.1. The second-order valence-electron chi connectivity index (χ2n) is 6.45. The Hall–Kier alpha value is -2.97. The molecule has 0 radical (unpaired) electrons. The smallest absolute Gasteiger partial charge is 0.315 e. The lowest BCUT2D eigenvalue weighted by Crippen LogP contribution is -2.43. The van der Waals surface area contributed by atoms with Crippen molar-refractivity contribution in [3.8, 4) is 17.2 Å². The fourth-order valence-corrected chi connectivity index (χ4v) is 3.43. The van der Waals surface area contributed by atoms with Crippen LogP contribution in [-0.4, -0.2) is 49.8 Å². The number of aliphatic hydroxyl groups is 1. The van der Waals surface area contributed by atoms with Gasteiger partial charge in [0.2, 0.25) is 0 Å². The highest BCUT2D eigenvalue weighted by Gasteiger charge is 2.26. The summed E-state index contributed by atoms with van der Waals surface area (Å²) in [6.45, 7) is -1.24. The summed E-state index contributed by atoms with van der Waals surface area (Å²) >= 11 is 0. The van der Waals surface area contributed by atoms with Crippen molar-refractivity contribution in [3.63, 3.8) is 0 Å². The molecule has 1 aromatic heterocycles. The Labute approximate surface area is 171 Å². The molecule has 2 N–H and O–H groups in total. The predicted molar refractivity (Wildman–Crippen MR) is 102 cm³/mol. The van der Waals surface area contributed by atoms with Crippen LogP contribution in [0.3, 0.4) is 0 Å². The van der Waals surface area contributed by atoms with E-state index in [0.29, 0.717) is 11.1 Å². The third-order valence-corrected chi connectivity index (χ3v) is 5.46. The van der Waals surface area contributed by atoms with Crippen molar-refractivity contribution in [2.75, 3.05) is 12.9 Å². The van der Waals surface area contributed by atoms with Crippen molar-refractivity contribution >= 4 is 15.7 Å². The number of aromatic nitrogens is 1. The van der Waals surface area contributed by atoms with E-state index >= 15 is 0 Å². The number of rotatable bonds is 8. The van der Waals surface area contributed by atoms with E-state index < -0.39 is 46.2 Å². The van der Waals surface area contributed by atoms with E-state index in [1.807, 2.05) is 0 Å². The van der Waals surface area contributed by atoms with Gasteiger partial charge in [-0.3, -0.25) is 9.78 Å². The Morgan fingerprint density at radius 1 is 1.20 bits per heavy atom. The third kappa shape index (κ3) is 5.55. The summed E-state index contributed by atoms with van der Waals surface area (Å²) in [5, 5.41) is 19.6. The molecule has 0 saturated carbocycles. The number of hydrogen-bond acceptors (Lipinski definition) is 6. The highest BCUT2D eigenvalue weighted by molar-refractivity contribution is 7.91. The molecule has 2 aromatic rings. The first-order chi connectivity index (χ1) is 14.1. The molecule has 7 nitrogen and oxygen atoms in total. The summed E-state index contributed by atoms with van der Waals surface area (Å²) in [6.07, 6.45) is -2.55. The van der Waals surface area contributed by atoms with Crippen molar-refractivity contribution in [3.05, 3.63) is 53.9 Å². The molecule has 0 fully saturated rings. The van der Waals surface area contributed by atoms with Crippen LogP contribution in [0.4, 0.5) is 13.2 Å². The molecule has 3 atom stereocenters. The van der Waals surface area contributed by atoms with Gasteiger partial charge in [0, 0.05) is 18.0 Å². The topological polar surface area (TPSA) is 120 Å². The molecule has 1 unspecified atom stereocenters. The molecule has 11 heteroatoms. The van der Waals surface area contributed by atoms with Crippen LogP contribution < -0.4 is 5.32 Å². The Kier molecular flexibility index (Phi) is 7.53. The summed E-state index contributed by atoms with van der Waals surface area (Å²) in [6, 6.07) is 9.10. The summed E-state index contributed by atoms with van der Waals surface area (Å²) in [4.78, 5) is 15.1. The first kappa shape index (κ1) is 23.3. The Bertz CT molecular complexity index is 1020. The fourth-order valence-electron chi connectivity index (χ4n) is 2.67. The van der Waals surface area contributed by atoms with Crippen molar-refractivity contribution in [2.24, 2.45) is 0 Å². The van der Waals surface area contributed by atoms with E-state index in [1.165, 1.54) is 24.4 Å². The number of nitrogens with zero attached hydrogens (tertiary/aromatic N) is 2. The van der Waals surface area contributed by atoms with Gasteiger partial charge in [-0.25, -0.2) is 12.8 Å². The van der Waals surface area contributed by atoms with Gasteiger partial charge in [0.05, 0.1) is 17.8 Å².